The number of esters is 2. The number of carbonyl (C=O) groups is 2. The van der Waals surface area contributed by atoms with Gasteiger partial charge in [0.05, 0.1) is 11.1 Å². The van der Waals surface area contributed by atoms with Gasteiger partial charge in [-0.1, -0.05) is 17.7 Å². The highest BCUT2D eigenvalue weighted by atomic mass is 16.5. The summed E-state index contributed by atoms with van der Waals surface area (Å²) in [5, 5.41) is 0. The van der Waals surface area contributed by atoms with Crippen LogP contribution in [-0.2, 0) is 0 Å². The van der Waals surface area contributed by atoms with Gasteiger partial charge in [-0.3, -0.25) is 0 Å². The predicted molar refractivity (Wildman–Crippen MR) is 103 cm³/mol. The number of hydrogen-bond acceptors (Lipinski definition) is 6. The number of carbonyl (C=O) groups excluding carboxylic acids is 2. The van der Waals surface area contributed by atoms with Crippen molar-refractivity contribution < 1.29 is 19.1 Å². The molecule has 0 unspecified atom stereocenters. The number of nitrogen functional groups attached to an aromatic ring is 2. The molecule has 6 heteroatoms. The minimum Gasteiger partial charge on any atom is -0.423 e. The summed E-state index contributed by atoms with van der Waals surface area (Å²) < 4.78 is 10.6. The van der Waals surface area contributed by atoms with E-state index in [2.05, 4.69) is 0 Å². The second-order valence-electron chi connectivity index (χ2n) is 5.96. The van der Waals surface area contributed by atoms with E-state index in [-0.39, 0.29) is 17.0 Å². The topological polar surface area (TPSA) is 105 Å². The van der Waals surface area contributed by atoms with Crippen LogP contribution in [0.4, 0.5) is 11.4 Å². The van der Waals surface area contributed by atoms with Crippen LogP contribution in [0.5, 0.6) is 11.5 Å². The van der Waals surface area contributed by atoms with Gasteiger partial charge in [-0.25, -0.2) is 9.59 Å². The summed E-state index contributed by atoms with van der Waals surface area (Å²) in [4.78, 5) is 24.4. The number of ether oxygens (including phenoxy) is 2. The highest BCUT2D eigenvalue weighted by Gasteiger charge is 2.15. The smallest absolute Gasteiger partial charge is 0.345 e. The SMILES string of the molecule is Cc1ccc(C(=O)Oc2ccc(C(=O)Oc3ccc(N)cc3)c(N)c2)cc1. The molecule has 0 bridgehead atoms. The molecule has 0 atom stereocenters. The fourth-order valence-electron chi connectivity index (χ4n) is 2.34. The van der Waals surface area contributed by atoms with Crippen molar-refractivity contribution in [3.8, 4) is 11.5 Å². The molecule has 4 N–H and O–H groups in total. The normalized spacial score (nSPS) is 10.3. The van der Waals surface area contributed by atoms with Crippen molar-refractivity contribution >= 4 is 23.3 Å². The van der Waals surface area contributed by atoms with E-state index in [1.807, 2.05) is 19.1 Å². The van der Waals surface area contributed by atoms with Crippen molar-refractivity contribution in [3.05, 3.63) is 83.4 Å². The fourth-order valence-corrected chi connectivity index (χ4v) is 2.34. The summed E-state index contributed by atoms with van der Waals surface area (Å²) in [6.07, 6.45) is 0. The van der Waals surface area contributed by atoms with Gasteiger partial charge >= 0.3 is 11.9 Å². The number of anilines is 2. The molecule has 0 amide bonds. The third-order valence-corrected chi connectivity index (χ3v) is 3.83. The molecule has 0 aromatic heterocycles. The third kappa shape index (κ3) is 4.43. The van der Waals surface area contributed by atoms with Gasteiger partial charge in [0.2, 0.25) is 0 Å². The largest absolute Gasteiger partial charge is 0.423 e. The molecule has 0 aliphatic rings. The summed E-state index contributed by atoms with van der Waals surface area (Å²) in [6.45, 7) is 1.93. The molecule has 6 nitrogen and oxygen atoms in total. The molecular weight excluding hydrogens is 344 g/mol. The molecule has 3 rings (SSSR count). The summed E-state index contributed by atoms with van der Waals surface area (Å²) in [5.74, 6) is -0.536. The lowest BCUT2D eigenvalue weighted by Crippen LogP contribution is -2.12. The Morgan fingerprint density at radius 2 is 1.33 bits per heavy atom. The molecule has 3 aromatic carbocycles. The maximum Gasteiger partial charge on any atom is 0.345 e. The zero-order chi connectivity index (χ0) is 19.4. The maximum atomic E-state index is 12.3. The van der Waals surface area contributed by atoms with Gasteiger partial charge in [-0.15, -0.1) is 0 Å². The molecule has 0 heterocycles. The first-order valence-electron chi connectivity index (χ1n) is 8.18. The van der Waals surface area contributed by atoms with Crippen molar-refractivity contribution in [3.63, 3.8) is 0 Å². The van der Waals surface area contributed by atoms with Crippen molar-refractivity contribution in [1.82, 2.24) is 0 Å². The fraction of sp³-hybridized carbons (Fsp3) is 0.0476. The average molecular weight is 362 g/mol. The van der Waals surface area contributed by atoms with Crippen LogP contribution in [0.1, 0.15) is 26.3 Å². The van der Waals surface area contributed by atoms with E-state index in [4.69, 9.17) is 20.9 Å². The summed E-state index contributed by atoms with van der Waals surface area (Å²) in [6, 6.07) is 17.8. The van der Waals surface area contributed by atoms with Crippen LogP contribution in [0.2, 0.25) is 0 Å². The van der Waals surface area contributed by atoms with Gasteiger partial charge in [0, 0.05) is 17.4 Å². The molecule has 3 aromatic rings. The maximum absolute atomic E-state index is 12.3. The van der Waals surface area contributed by atoms with E-state index >= 15 is 0 Å². The third-order valence-electron chi connectivity index (χ3n) is 3.83. The van der Waals surface area contributed by atoms with Crippen molar-refractivity contribution in [2.45, 2.75) is 6.92 Å². The number of rotatable bonds is 4. The van der Waals surface area contributed by atoms with Crippen molar-refractivity contribution in [2.24, 2.45) is 0 Å². The van der Waals surface area contributed by atoms with Crippen LogP contribution in [0.25, 0.3) is 0 Å². The van der Waals surface area contributed by atoms with E-state index in [0.717, 1.165) is 5.56 Å². The lowest BCUT2D eigenvalue weighted by Gasteiger charge is -2.09. The second kappa shape index (κ2) is 7.61. The molecule has 0 saturated carbocycles. The number of benzene rings is 3. The van der Waals surface area contributed by atoms with Crippen LogP contribution in [0, 0.1) is 6.92 Å². The molecule has 0 fully saturated rings. The van der Waals surface area contributed by atoms with Gasteiger partial charge in [0.25, 0.3) is 0 Å². The Kier molecular flexibility index (Phi) is 5.08. The standard InChI is InChI=1S/C21H18N2O4/c1-13-2-4-14(5-3-13)20(24)27-17-10-11-18(19(23)12-17)21(25)26-16-8-6-15(22)7-9-16/h2-12H,22-23H2,1H3. The molecular formula is C21H18N2O4. The van der Waals surface area contributed by atoms with E-state index in [0.29, 0.717) is 17.0 Å². The van der Waals surface area contributed by atoms with Crippen LogP contribution in [0.15, 0.2) is 66.7 Å². The van der Waals surface area contributed by atoms with E-state index in [1.165, 1.54) is 18.2 Å². The van der Waals surface area contributed by atoms with Crippen molar-refractivity contribution in [2.75, 3.05) is 11.5 Å². The Morgan fingerprint density at radius 3 is 1.96 bits per heavy atom. The quantitative estimate of drug-likeness (QED) is 0.417. The average Bonchev–Trinajstić information content (AvgIpc) is 2.64. The van der Waals surface area contributed by atoms with E-state index in [1.54, 1.807) is 36.4 Å². The van der Waals surface area contributed by atoms with Crippen LogP contribution in [-0.4, -0.2) is 11.9 Å². The van der Waals surface area contributed by atoms with Crippen LogP contribution < -0.4 is 20.9 Å². The van der Waals surface area contributed by atoms with Gasteiger partial charge in [0.15, 0.2) is 0 Å². The predicted octanol–water partition coefficient (Wildman–Crippen LogP) is 3.60. The van der Waals surface area contributed by atoms with E-state index < -0.39 is 11.9 Å². The number of hydrogen-bond donors (Lipinski definition) is 2. The Morgan fingerprint density at radius 1 is 0.741 bits per heavy atom. The van der Waals surface area contributed by atoms with Crippen molar-refractivity contribution in [1.29, 1.82) is 0 Å². The molecule has 0 spiro atoms. The highest BCUT2D eigenvalue weighted by Crippen LogP contribution is 2.23. The monoisotopic (exact) mass is 362 g/mol. The first-order chi connectivity index (χ1) is 12.9. The zero-order valence-corrected chi connectivity index (χ0v) is 14.6. The minimum atomic E-state index is -0.617. The molecule has 27 heavy (non-hydrogen) atoms. The Hall–Kier alpha value is -3.80. The molecule has 136 valence electrons. The number of nitrogens with two attached hydrogens (primary N) is 2. The van der Waals surface area contributed by atoms with E-state index in [9.17, 15) is 9.59 Å². The lowest BCUT2D eigenvalue weighted by molar-refractivity contribution is 0.0730. The highest BCUT2D eigenvalue weighted by molar-refractivity contribution is 5.97. The van der Waals surface area contributed by atoms with Crippen LogP contribution in [0.3, 0.4) is 0 Å². The van der Waals surface area contributed by atoms with Gasteiger partial charge < -0.3 is 20.9 Å². The second-order valence-corrected chi connectivity index (χ2v) is 5.96. The number of aryl methyl sites for hydroxylation is 1. The summed E-state index contributed by atoms with van der Waals surface area (Å²) >= 11 is 0. The Balaban J connectivity index is 1.71. The Bertz CT molecular complexity index is 980. The van der Waals surface area contributed by atoms with Gasteiger partial charge in [-0.05, 0) is 55.5 Å². The molecule has 0 radical (unpaired) electrons. The first kappa shape index (κ1) is 18.0. The minimum absolute atomic E-state index is 0.143. The lowest BCUT2D eigenvalue weighted by atomic mass is 10.1. The zero-order valence-electron chi connectivity index (χ0n) is 14.6. The Labute approximate surface area is 156 Å². The molecule has 0 aliphatic heterocycles. The molecule has 0 aliphatic carbocycles. The summed E-state index contributed by atoms with van der Waals surface area (Å²) in [7, 11) is 0. The first-order valence-corrected chi connectivity index (χ1v) is 8.18. The van der Waals surface area contributed by atoms with Crippen LogP contribution >= 0.6 is 0 Å². The summed E-state index contributed by atoms with van der Waals surface area (Å²) in [5.41, 5.74) is 13.9. The molecule has 0 saturated heterocycles. The van der Waals surface area contributed by atoms with Gasteiger partial charge in [-0.2, -0.15) is 0 Å². The van der Waals surface area contributed by atoms with Gasteiger partial charge in [0.1, 0.15) is 11.5 Å².